The van der Waals surface area contributed by atoms with E-state index in [1.807, 2.05) is 30.3 Å². The van der Waals surface area contributed by atoms with E-state index in [1.54, 1.807) is 39.2 Å². The van der Waals surface area contributed by atoms with Gasteiger partial charge in [0.15, 0.2) is 6.10 Å². The molecule has 0 radical (unpaired) electrons. The van der Waals surface area contributed by atoms with Crippen LogP contribution in [-0.4, -0.2) is 30.4 Å². The molecule has 2 atom stereocenters. The molecule has 2 rings (SSSR count). The van der Waals surface area contributed by atoms with E-state index in [1.165, 1.54) is 11.8 Å². The largest absolute Gasteiger partial charge is 0.497 e. The summed E-state index contributed by atoms with van der Waals surface area (Å²) < 4.78 is 10.3. The Morgan fingerprint density at radius 3 is 2.32 bits per heavy atom. The monoisotopic (exact) mass is 361 g/mol. The fraction of sp³-hybridized carbons (Fsp3) is 0.316. The zero-order valence-electron chi connectivity index (χ0n) is 14.5. The van der Waals surface area contributed by atoms with E-state index in [9.17, 15) is 9.90 Å². The second kappa shape index (κ2) is 8.78. The number of rotatable bonds is 7. The maximum Gasteiger partial charge on any atom is 0.336 e. The summed E-state index contributed by atoms with van der Waals surface area (Å²) in [5, 5.41) is 10.0. The molecule has 0 amide bonds. The number of esters is 1. The van der Waals surface area contributed by atoms with Crippen LogP contribution in [-0.2, 0) is 9.53 Å². The predicted octanol–water partition coefficient (Wildman–Crippen LogP) is 3.42. The Morgan fingerprint density at radius 1 is 1.12 bits per heavy atom. The van der Waals surface area contributed by atoms with Crippen LogP contribution in [0.4, 0.5) is 5.69 Å². The average molecular weight is 361 g/mol. The van der Waals surface area contributed by atoms with Crippen molar-refractivity contribution < 1.29 is 19.4 Å². The summed E-state index contributed by atoms with van der Waals surface area (Å²) in [6.07, 6.45) is -1.62. The molecule has 2 aromatic rings. The highest BCUT2D eigenvalue weighted by Gasteiger charge is 2.31. The number of benzene rings is 2. The highest BCUT2D eigenvalue weighted by molar-refractivity contribution is 7.99. The second-order valence-electron chi connectivity index (χ2n) is 5.78. The molecule has 5 nitrogen and oxygen atoms in total. The molecule has 0 spiro atoms. The van der Waals surface area contributed by atoms with Crippen molar-refractivity contribution in [3.05, 3.63) is 54.1 Å². The SMILES string of the molecule is COc1ccc([C@H](Sc2ccccc2N)[C@@H](O)C(=O)OC(C)C)cc1. The zero-order chi connectivity index (χ0) is 18.4. The number of carbonyl (C=O) groups excluding carboxylic acids is 1. The van der Waals surface area contributed by atoms with Gasteiger partial charge in [-0.05, 0) is 43.7 Å². The van der Waals surface area contributed by atoms with Crippen molar-refractivity contribution in [2.75, 3.05) is 12.8 Å². The molecular formula is C19H23NO4S. The maximum atomic E-state index is 12.2. The molecule has 0 aliphatic heterocycles. The third kappa shape index (κ3) is 5.14. The van der Waals surface area contributed by atoms with Crippen LogP contribution in [0.5, 0.6) is 5.75 Å². The van der Waals surface area contributed by atoms with E-state index < -0.39 is 17.3 Å². The molecule has 134 valence electrons. The van der Waals surface area contributed by atoms with Crippen LogP contribution in [0.3, 0.4) is 0 Å². The number of nitrogen functional groups attached to an aromatic ring is 1. The molecule has 0 unspecified atom stereocenters. The van der Waals surface area contributed by atoms with Gasteiger partial charge >= 0.3 is 5.97 Å². The molecule has 0 aliphatic rings. The molecule has 0 saturated heterocycles. The van der Waals surface area contributed by atoms with Crippen molar-refractivity contribution in [2.24, 2.45) is 0 Å². The van der Waals surface area contributed by atoms with Gasteiger partial charge < -0.3 is 20.3 Å². The number of hydrogen-bond acceptors (Lipinski definition) is 6. The fourth-order valence-corrected chi connectivity index (χ4v) is 3.43. The summed E-state index contributed by atoms with van der Waals surface area (Å²) >= 11 is 1.33. The molecule has 3 N–H and O–H groups in total. The van der Waals surface area contributed by atoms with E-state index in [4.69, 9.17) is 15.2 Å². The minimum absolute atomic E-state index is 0.300. The van der Waals surface area contributed by atoms with E-state index in [-0.39, 0.29) is 6.10 Å². The first-order valence-corrected chi connectivity index (χ1v) is 8.84. The van der Waals surface area contributed by atoms with E-state index in [2.05, 4.69) is 0 Å². The Labute approximate surface area is 152 Å². The van der Waals surface area contributed by atoms with Gasteiger partial charge in [0, 0.05) is 10.6 Å². The first-order chi connectivity index (χ1) is 11.9. The van der Waals surface area contributed by atoms with Gasteiger partial charge in [-0.15, -0.1) is 11.8 Å². The van der Waals surface area contributed by atoms with Crippen LogP contribution in [0.2, 0.25) is 0 Å². The summed E-state index contributed by atoms with van der Waals surface area (Å²) in [7, 11) is 1.58. The van der Waals surface area contributed by atoms with E-state index >= 15 is 0 Å². The normalized spacial score (nSPS) is 13.3. The average Bonchev–Trinajstić information content (AvgIpc) is 2.60. The first kappa shape index (κ1) is 19.1. The number of para-hydroxylation sites is 1. The second-order valence-corrected chi connectivity index (χ2v) is 6.96. The minimum Gasteiger partial charge on any atom is -0.497 e. The van der Waals surface area contributed by atoms with Gasteiger partial charge in [0.2, 0.25) is 0 Å². The predicted molar refractivity (Wildman–Crippen MR) is 99.7 cm³/mol. The van der Waals surface area contributed by atoms with Crippen molar-refractivity contribution >= 4 is 23.4 Å². The molecular weight excluding hydrogens is 338 g/mol. The summed E-state index contributed by atoms with van der Waals surface area (Å²) in [6, 6.07) is 14.6. The van der Waals surface area contributed by atoms with Crippen LogP contribution in [0.15, 0.2) is 53.4 Å². The van der Waals surface area contributed by atoms with Gasteiger partial charge in [0.1, 0.15) is 5.75 Å². The van der Waals surface area contributed by atoms with Crippen LogP contribution < -0.4 is 10.5 Å². The van der Waals surface area contributed by atoms with Crippen molar-refractivity contribution in [3.8, 4) is 5.75 Å². The lowest BCUT2D eigenvalue weighted by atomic mass is 10.1. The maximum absolute atomic E-state index is 12.2. The van der Waals surface area contributed by atoms with Crippen LogP contribution in [0.25, 0.3) is 0 Å². The first-order valence-electron chi connectivity index (χ1n) is 7.96. The number of hydrogen-bond donors (Lipinski definition) is 2. The highest BCUT2D eigenvalue weighted by Crippen LogP contribution is 2.41. The van der Waals surface area contributed by atoms with Gasteiger partial charge in [-0.25, -0.2) is 4.79 Å². The van der Waals surface area contributed by atoms with E-state index in [0.29, 0.717) is 11.4 Å². The molecule has 0 aromatic heterocycles. The van der Waals surface area contributed by atoms with Crippen molar-refractivity contribution in [1.29, 1.82) is 0 Å². The van der Waals surface area contributed by atoms with Crippen molar-refractivity contribution in [1.82, 2.24) is 0 Å². The highest BCUT2D eigenvalue weighted by atomic mass is 32.2. The third-order valence-electron chi connectivity index (χ3n) is 3.50. The minimum atomic E-state index is -1.32. The van der Waals surface area contributed by atoms with Gasteiger partial charge in [0.25, 0.3) is 0 Å². The van der Waals surface area contributed by atoms with Gasteiger partial charge in [-0.3, -0.25) is 0 Å². The number of aliphatic hydroxyl groups is 1. The zero-order valence-corrected chi connectivity index (χ0v) is 15.3. The van der Waals surface area contributed by atoms with Gasteiger partial charge in [-0.2, -0.15) is 0 Å². The Balaban J connectivity index is 2.32. The molecule has 0 heterocycles. The molecule has 2 aromatic carbocycles. The van der Waals surface area contributed by atoms with Crippen LogP contribution >= 0.6 is 11.8 Å². The Kier molecular flexibility index (Phi) is 6.73. The lowest BCUT2D eigenvalue weighted by Gasteiger charge is -2.23. The molecule has 25 heavy (non-hydrogen) atoms. The van der Waals surface area contributed by atoms with Crippen molar-refractivity contribution in [2.45, 2.75) is 36.2 Å². The van der Waals surface area contributed by atoms with E-state index in [0.717, 1.165) is 10.5 Å². The number of ether oxygens (including phenoxy) is 2. The Bertz CT molecular complexity index is 703. The van der Waals surface area contributed by atoms with Crippen molar-refractivity contribution in [3.63, 3.8) is 0 Å². The summed E-state index contributed by atoms with van der Waals surface area (Å²) in [5.74, 6) is 0.0452. The molecule has 0 aliphatic carbocycles. The Morgan fingerprint density at radius 2 is 1.76 bits per heavy atom. The Hall–Kier alpha value is -2.18. The quantitative estimate of drug-likeness (QED) is 0.447. The lowest BCUT2D eigenvalue weighted by Crippen LogP contribution is -2.30. The number of carbonyl (C=O) groups is 1. The smallest absolute Gasteiger partial charge is 0.336 e. The lowest BCUT2D eigenvalue weighted by molar-refractivity contribution is -0.157. The van der Waals surface area contributed by atoms with Crippen LogP contribution in [0, 0.1) is 0 Å². The topological polar surface area (TPSA) is 81.8 Å². The standard InChI is InChI=1S/C19H23NO4S/c1-12(2)24-19(22)17(21)18(13-8-10-14(23-3)11-9-13)25-16-7-5-4-6-15(16)20/h4-12,17-18,21H,20H2,1-3H3/t17-,18+/m1/s1. The molecule has 0 bridgehead atoms. The molecule has 0 fully saturated rings. The number of methoxy groups -OCH3 is 1. The number of anilines is 1. The summed E-state index contributed by atoms with van der Waals surface area (Å²) in [5.41, 5.74) is 7.38. The molecule has 0 saturated carbocycles. The van der Waals surface area contributed by atoms with Gasteiger partial charge in [0.05, 0.1) is 18.5 Å². The van der Waals surface area contributed by atoms with Gasteiger partial charge in [-0.1, -0.05) is 24.3 Å². The number of aliphatic hydroxyl groups excluding tert-OH is 1. The number of nitrogens with two attached hydrogens (primary N) is 1. The fourth-order valence-electron chi connectivity index (χ4n) is 2.26. The van der Waals surface area contributed by atoms with Crippen LogP contribution in [0.1, 0.15) is 24.7 Å². The third-order valence-corrected chi connectivity index (χ3v) is 4.91. The summed E-state index contributed by atoms with van der Waals surface area (Å²) in [4.78, 5) is 13.0. The number of thioether (sulfide) groups is 1. The molecule has 6 heteroatoms. The summed E-state index contributed by atoms with van der Waals surface area (Å²) in [6.45, 7) is 3.49.